The Balaban J connectivity index is 2.55. The molecule has 0 aliphatic heterocycles. The van der Waals surface area contributed by atoms with E-state index in [-0.39, 0.29) is 0 Å². The van der Waals surface area contributed by atoms with Crippen LogP contribution in [0.4, 0.5) is 0 Å². The largest absolute Gasteiger partial charge is 0.477 e. The van der Waals surface area contributed by atoms with Crippen LogP contribution in [-0.2, 0) is 6.42 Å². The second kappa shape index (κ2) is 6.28. The molecule has 0 radical (unpaired) electrons. The topological polar surface area (TPSA) is 37.3 Å². The number of aryl methyl sites for hydroxylation is 1. The van der Waals surface area contributed by atoms with Crippen molar-refractivity contribution in [2.45, 2.75) is 39.0 Å². The molecular weight excluding hydrogens is 276 g/mol. The normalized spacial score (nSPS) is 10.5. The maximum Gasteiger partial charge on any atom is 0.346 e. The van der Waals surface area contributed by atoms with Gasteiger partial charge in [-0.1, -0.05) is 26.2 Å². The summed E-state index contributed by atoms with van der Waals surface area (Å²) >= 11 is 4.63. The van der Waals surface area contributed by atoms with E-state index in [2.05, 4.69) is 22.9 Å². The summed E-state index contributed by atoms with van der Waals surface area (Å²) in [6.07, 6.45) is 5.58. The molecule has 1 aromatic rings. The van der Waals surface area contributed by atoms with Gasteiger partial charge in [-0.3, -0.25) is 0 Å². The number of carboxylic acids is 1. The molecule has 0 aliphatic rings. The minimum atomic E-state index is -0.809. The predicted octanol–water partition coefficient (Wildman–Crippen LogP) is 4.33. The average Bonchev–Trinajstić information content (AvgIpc) is 2.55. The van der Waals surface area contributed by atoms with Crippen molar-refractivity contribution in [3.8, 4) is 0 Å². The fraction of sp³-hybridized carbons (Fsp3) is 0.545. The first-order chi connectivity index (χ1) is 7.15. The van der Waals surface area contributed by atoms with Crippen LogP contribution in [0.15, 0.2) is 9.85 Å². The van der Waals surface area contributed by atoms with E-state index in [1.807, 2.05) is 6.07 Å². The highest BCUT2D eigenvalue weighted by atomic mass is 79.9. The van der Waals surface area contributed by atoms with Gasteiger partial charge in [0, 0.05) is 0 Å². The smallest absolute Gasteiger partial charge is 0.346 e. The van der Waals surface area contributed by atoms with Crippen molar-refractivity contribution < 1.29 is 9.90 Å². The third-order valence-electron chi connectivity index (χ3n) is 2.27. The van der Waals surface area contributed by atoms with Crippen molar-refractivity contribution in [1.29, 1.82) is 0 Å². The zero-order chi connectivity index (χ0) is 11.3. The number of aromatic carboxylic acids is 1. The minimum Gasteiger partial charge on any atom is -0.477 e. The standard InChI is InChI=1S/C11H15BrO2S/c1-2-3-4-5-6-8-7-9(12)15-10(8)11(13)14/h7H,2-6H2,1H3,(H,13,14). The van der Waals surface area contributed by atoms with Crippen molar-refractivity contribution in [3.63, 3.8) is 0 Å². The molecule has 15 heavy (non-hydrogen) atoms. The number of carbonyl (C=O) groups is 1. The summed E-state index contributed by atoms with van der Waals surface area (Å²) in [5.74, 6) is -0.809. The van der Waals surface area contributed by atoms with Crippen LogP contribution in [0.25, 0.3) is 0 Å². The maximum absolute atomic E-state index is 10.9. The fourth-order valence-electron chi connectivity index (χ4n) is 1.50. The van der Waals surface area contributed by atoms with Crippen LogP contribution in [0.2, 0.25) is 0 Å². The molecule has 0 atom stereocenters. The lowest BCUT2D eigenvalue weighted by Crippen LogP contribution is -1.97. The van der Waals surface area contributed by atoms with Crippen LogP contribution >= 0.6 is 27.3 Å². The quantitative estimate of drug-likeness (QED) is 0.792. The molecule has 1 heterocycles. The molecule has 0 fully saturated rings. The SMILES string of the molecule is CCCCCCc1cc(Br)sc1C(=O)O. The van der Waals surface area contributed by atoms with Gasteiger partial charge in [0.05, 0.1) is 3.79 Å². The van der Waals surface area contributed by atoms with Crippen molar-refractivity contribution in [2.75, 3.05) is 0 Å². The van der Waals surface area contributed by atoms with Gasteiger partial charge in [0.1, 0.15) is 4.88 Å². The van der Waals surface area contributed by atoms with Crippen LogP contribution in [0.3, 0.4) is 0 Å². The Morgan fingerprint density at radius 1 is 1.47 bits per heavy atom. The van der Waals surface area contributed by atoms with Crippen LogP contribution in [0.1, 0.15) is 47.8 Å². The van der Waals surface area contributed by atoms with E-state index in [9.17, 15) is 4.79 Å². The van der Waals surface area contributed by atoms with Crippen molar-refractivity contribution in [1.82, 2.24) is 0 Å². The van der Waals surface area contributed by atoms with E-state index >= 15 is 0 Å². The lowest BCUT2D eigenvalue weighted by atomic mass is 10.1. The highest BCUT2D eigenvalue weighted by Crippen LogP contribution is 2.28. The summed E-state index contributed by atoms with van der Waals surface area (Å²) in [6.45, 7) is 2.17. The van der Waals surface area contributed by atoms with E-state index in [1.54, 1.807) is 0 Å². The molecule has 0 amide bonds. The van der Waals surface area contributed by atoms with Crippen LogP contribution in [-0.4, -0.2) is 11.1 Å². The number of carboxylic acid groups (broad SMARTS) is 1. The van der Waals surface area contributed by atoms with Gasteiger partial charge in [-0.05, 0) is 40.4 Å². The lowest BCUT2D eigenvalue weighted by molar-refractivity contribution is 0.0701. The number of thiophene rings is 1. The summed E-state index contributed by atoms with van der Waals surface area (Å²) < 4.78 is 0.908. The Morgan fingerprint density at radius 3 is 2.80 bits per heavy atom. The molecule has 0 saturated carbocycles. The third-order valence-corrected chi connectivity index (χ3v) is 3.94. The van der Waals surface area contributed by atoms with Gasteiger partial charge in [-0.15, -0.1) is 11.3 Å². The number of rotatable bonds is 6. The van der Waals surface area contributed by atoms with Crippen LogP contribution < -0.4 is 0 Å². The number of halogens is 1. The molecule has 0 spiro atoms. The first-order valence-electron chi connectivity index (χ1n) is 5.16. The first-order valence-corrected chi connectivity index (χ1v) is 6.77. The van der Waals surface area contributed by atoms with E-state index in [0.29, 0.717) is 4.88 Å². The Kier molecular flexibility index (Phi) is 5.32. The summed E-state index contributed by atoms with van der Waals surface area (Å²) in [5, 5.41) is 8.97. The van der Waals surface area contributed by atoms with Crippen molar-refractivity contribution in [2.24, 2.45) is 0 Å². The molecule has 0 bridgehead atoms. The lowest BCUT2D eigenvalue weighted by Gasteiger charge is -1.99. The predicted molar refractivity (Wildman–Crippen MR) is 66.8 cm³/mol. The molecule has 0 aliphatic carbocycles. The maximum atomic E-state index is 10.9. The summed E-state index contributed by atoms with van der Waals surface area (Å²) in [6, 6.07) is 1.93. The van der Waals surface area contributed by atoms with Gasteiger partial charge in [0.15, 0.2) is 0 Å². The molecule has 0 aromatic carbocycles. The summed E-state index contributed by atoms with van der Waals surface area (Å²) in [5.41, 5.74) is 0.968. The molecule has 1 aromatic heterocycles. The minimum absolute atomic E-state index is 0.485. The summed E-state index contributed by atoms with van der Waals surface area (Å²) in [4.78, 5) is 11.4. The molecule has 4 heteroatoms. The molecule has 84 valence electrons. The van der Waals surface area contributed by atoms with Gasteiger partial charge in [0.2, 0.25) is 0 Å². The van der Waals surface area contributed by atoms with E-state index in [0.717, 1.165) is 22.2 Å². The number of hydrogen-bond donors (Lipinski definition) is 1. The first kappa shape index (κ1) is 12.7. The van der Waals surface area contributed by atoms with Gasteiger partial charge >= 0.3 is 5.97 Å². The third kappa shape index (κ3) is 3.95. The van der Waals surface area contributed by atoms with Gasteiger partial charge in [-0.2, -0.15) is 0 Å². The van der Waals surface area contributed by atoms with Crippen LogP contribution in [0.5, 0.6) is 0 Å². The van der Waals surface area contributed by atoms with Gasteiger partial charge in [0.25, 0.3) is 0 Å². The number of hydrogen-bond acceptors (Lipinski definition) is 2. The van der Waals surface area contributed by atoms with Crippen LogP contribution in [0, 0.1) is 0 Å². The molecule has 1 rings (SSSR count). The Hall–Kier alpha value is -0.350. The average molecular weight is 291 g/mol. The van der Waals surface area contributed by atoms with E-state index in [4.69, 9.17) is 5.11 Å². The summed E-state index contributed by atoms with van der Waals surface area (Å²) in [7, 11) is 0. The van der Waals surface area contributed by atoms with E-state index in [1.165, 1.54) is 30.6 Å². The Bertz CT molecular complexity index is 333. The molecular formula is C11H15BrO2S. The zero-order valence-electron chi connectivity index (χ0n) is 8.75. The molecule has 2 nitrogen and oxygen atoms in total. The number of unbranched alkanes of at least 4 members (excludes halogenated alkanes) is 3. The molecule has 0 saturated heterocycles. The highest BCUT2D eigenvalue weighted by Gasteiger charge is 2.13. The second-order valence-corrected chi connectivity index (χ2v) is 5.95. The second-order valence-electron chi connectivity index (χ2n) is 3.52. The monoisotopic (exact) mass is 290 g/mol. The van der Waals surface area contributed by atoms with Crippen molar-refractivity contribution in [3.05, 3.63) is 20.3 Å². The van der Waals surface area contributed by atoms with Gasteiger partial charge < -0.3 is 5.11 Å². The highest BCUT2D eigenvalue weighted by molar-refractivity contribution is 9.11. The van der Waals surface area contributed by atoms with E-state index < -0.39 is 5.97 Å². The Labute approximate surface area is 102 Å². The Morgan fingerprint density at radius 2 is 2.20 bits per heavy atom. The fourth-order valence-corrected chi connectivity index (χ4v) is 3.04. The molecule has 1 N–H and O–H groups in total. The molecule has 0 unspecified atom stereocenters. The zero-order valence-corrected chi connectivity index (χ0v) is 11.2. The van der Waals surface area contributed by atoms with Gasteiger partial charge in [-0.25, -0.2) is 4.79 Å². The van der Waals surface area contributed by atoms with Crippen molar-refractivity contribution >= 4 is 33.2 Å².